The highest BCUT2D eigenvalue weighted by atomic mass is 19.4. The third-order valence-electron chi connectivity index (χ3n) is 5.81. The molecule has 186 valence electrons. The van der Waals surface area contributed by atoms with Gasteiger partial charge in [-0.3, -0.25) is 9.48 Å². The number of carbonyl (C=O) groups is 1. The van der Waals surface area contributed by atoms with Crippen molar-refractivity contribution < 1.29 is 27.6 Å². The van der Waals surface area contributed by atoms with E-state index in [1.807, 2.05) is 0 Å². The Labute approximate surface area is 201 Å². The molecule has 0 spiro atoms. The predicted octanol–water partition coefficient (Wildman–Crippen LogP) is 2.74. The van der Waals surface area contributed by atoms with E-state index in [4.69, 9.17) is 4.52 Å². The first-order chi connectivity index (χ1) is 17.1. The fourth-order valence-electron chi connectivity index (χ4n) is 3.94. The van der Waals surface area contributed by atoms with Crippen LogP contribution >= 0.6 is 0 Å². The number of aryl methyl sites for hydroxylation is 1. The van der Waals surface area contributed by atoms with Crippen LogP contribution in [0.4, 0.5) is 24.8 Å². The van der Waals surface area contributed by atoms with Crippen molar-refractivity contribution in [2.24, 2.45) is 7.05 Å². The molecule has 1 saturated heterocycles. The molecule has 0 radical (unpaired) electrons. The van der Waals surface area contributed by atoms with Crippen molar-refractivity contribution >= 4 is 17.5 Å². The number of anilines is 2. The number of aromatic nitrogens is 6. The molecule has 5 rings (SSSR count). The smallest absolute Gasteiger partial charge is 0.373 e. The molecule has 1 fully saturated rings. The zero-order valence-corrected chi connectivity index (χ0v) is 19.0. The molecular weight excluding hydrogens is 481 g/mol. The molecule has 1 aliphatic heterocycles. The van der Waals surface area contributed by atoms with Crippen LogP contribution in [-0.2, 0) is 23.6 Å². The number of rotatable bonds is 5. The van der Waals surface area contributed by atoms with E-state index in [-0.39, 0.29) is 23.8 Å². The molecule has 1 aliphatic rings. The van der Waals surface area contributed by atoms with Gasteiger partial charge in [-0.1, -0.05) is 11.2 Å². The van der Waals surface area contributed by atoms with E-state index in [1.165, 1.54) is 24.2 Å². The summed E-state index contributed by atoms with van der Waals surface area (Å²) >= 11 is 0. The predicted molar refractivity (Wildman–Crippen MR) is 118 cm³/mol. The van der Waals surface area contributed by atoms with E-state index in [9.17, 15) is 23.1 Å². The highest BCUT2D eigenvalue weighted by Crippen LogP contribution is 2.36. The van der Waals surface area contributed by atoms with Crippen LogP contribution in [0.1, 0.15) is 17.9 Å². The highest BCUT2D eigenvalue weighted by molar-refractivity contribution is 5.87. The topological polar surface area (TPSA) is 135 Å². The summed E-state index contributed by atoms with van der Waals surface area (Å²) in [6.07, 6.45) is -2.02. The van der Waals surface area contributed by atoms with Crippen LogP contribution in [0.15, 0.2) is 47.2 Å². The number of aliphatic hydroxyl groups is 1. The van der Waals surface area contributed by atoms with E-state index in [2.05, 4.69) is 30.5 Å². The van der Waals surface area contributed by atoms with Crippen molar-refractivity contribution in [1.82, 2.24) is 34.8 Å². The van der Waals surface area contributed by atoms with Gasteiger partial charge in [-0.25, -0.2) is 15.0 Å². The summed E-state index contributed by atoms with van der Waals surface area (Å²) < 4.78 is 46.1. The molecule has 0 bridgehead atoms. The minimum atomic E-state index is -4.62. The van der Waals surface area contributed by atoms with Crippen molar-refractivity contribution in [3.8, 4) is 22.8 Å². The Kier molecular flexibility index (Phi) is 5.47. The third-order valence-corrected chi connectivity index (χ3v) is 5.81. The number of halogens is 3. The maximum Gasteiger partial charge on any atom is 0.435 e. The summed E-state index contributed by atoms with van der Waals surface area (Å²) in [5, 5.41) is 20.9. The van der Waals surface area contributed by atoms with E-state index in [1.54, 1.807) is 31.3 Å². The maximum atomic E-state index is 13.4. The number of amides is 1. The molecular formula is C22H19F3N8O3. The second kappa shape index (κ2) is 8.41. The molecule has 36 heavy (non-hydrogen) atoms. The summed E-state index contributed by atoms with van der Waals surface area (Å²) in [4.78, 5) is 26.5. The molecule has 1 amide bonds. The molecule has 5 heterocycles. The average molecular weight is 500 g/mol. The first-order valence-corrected chi connectivity index (χ1v) is 10.7. The van der Waals surface area contributed by atoms with Crippen molar-refractivity contribution in [2.75, 3.05) is 18.9 Å². The van der Waals surface area contributed by atoms with Crippen molar-refractivity contribution in [1.29, 1.82) is 0 Å². The zero-order valence-electron chi connectivity index (χ0n) is 19.0. The van der Waals surface area contributed by atoms with E-state index >= 15 is 0 Å². The van der Waals surface area contributed by atoms with Crippen LogP contribution in [-0.4, -0.2) is 59.4 Å². The van der Waals surface area contributed by atoms with Gasteiger partial charge in [0.25, 0.3) is 5.91 Å². The second-order valence-corrected chi connectivity index (χ2v) is 8.24. The first-order valence-electron chi connectivity index (χ1n) is 10.7. The number of nitrogens with zero attached hydrogens (tertiary/aromatic N) is 7. The number of carbonyl (C=O) groups excluding carboxylic acids is 1. The molecule has 4 aromatic rings. The van der Waals surface area contributed by atoms with Gasteiger partial charge in [-0.2, -0.15) is 18.3 Å². The normalized spacial score (nSPS) is 18.2. The molecule has 4 aromatic heterocycles. The largest absolute Gasteiger partial charge is 0.435 e. The second-order valence-electron chi connectivity index (χ2n) is 8.24. The number of likely N-dealkylation sites (N-methyl/N-ethyl adjacent to an activating group) is 1. The first kappa shape index (κ1) is 23.4. The van der Waals surface area contributed by atoms with Crippen LogP contribution in [0.3, 0.4) is 0 Å². The summed E-state index contributed by atoms with van der Waals surface area (Å²) in [7, 11) is 2.78. The van der Waals surface area contributed by atoms with Crippen LogP contribution in [0.5, 0.6) is 0 Å². The standard InChI is InChI=1S/C22H19F3N8O3/c1-32-9-7-21(35,19(32)34)17-10-15(31-36-17)13-5-3-4-12(28-13)14-6-8-26-20(29-14)30-16-11-27-33(2)18(16)22(23,24)25/h3-6,8,10-11,35H,7,9H2,1-2H3,(H,26,29,30)/t21-/m1/s1. The van der Waals surface area contributed by atoms with Crippen molar-refractivity contribution in [2.45, 2.75) is 18.2 Å². The van der Waals surface area contributed by atoms with Crippen molar-refractivity contribution in [3.05, 3.63) is 54.2 Å². The summed E-state index contributed by atoms with van der Waals surface area (Å²) in [6.45, 7) is 0.382. The molecule has 1 atom stereocenters. The van der Waals surface area contributed by atoms with E-state index in [0.717, 1.165) is 10.9 Å². The number of hydrogen-bond donors (Lipinski definition) is 2. The van der Waals surface area contributed by atoms with Crippen molar-refractivity contribution in [3.63, 3.8) is 0 Å². The molecule has 0 aliphatic carbocycles. The van der Waals surface area contributed by atoms with Gasteiger partial charge in [-0.05, 0) is 18.2 Å². The molecule has 2 N–H and O–H groups in total. The van der Waals surface area contributed by atoms with Gasteiger partial charge in [0, 0.05) is 39.3 Å². The molecule has 11 nitrogen and oxygen atoms in total. The van der Waals surface area contributed by atoms with Crippen LogP contribution in [0.2, 0.25) is 0 Å². The Morgan fingerprint density at radius 3 is 2.53 bits per heavy atom. The lowest BCUT2D eigenvalue weighted by atomic mass is 9.98. The molecule has 14 heteroatoms. The molecule has 0 unspecified atom stereocenters. The Balaban J connectivity index is 1.42. The van der Waals surface area contributed by atoms with E-state index in [0.29, 0.717) is 29.3 Å². The van der Waals surface area contributed by atoms with Gasteiger partial charge in [0.2, 0.25) is 11.5 Å². The monoisotopic (exact) mass is 500 g/mol. The number of nitrogens with one attached hydrogen (secondary N) is 1. The van der Waals surface area contributed by atoms with Crippen LogP contribution in [0, 0.1) is 0 Å². The van der Waals surface area contributed by atoms with Crippen LogP contribution < -0.4 is 5.32 Å². The summed E-state index contributed by atoms with van der Waals surface area (Å²) in [6, 6.07) is 8.01. The van der Waals surface area contributed by atoms with Gasteiger partial charge >= 0.3 is 6.18 Å². The molecule has 0 saturated carbocycles. The lowest BCUT2D eigenvalue weighted by molar-refractivity contribution is -0.145. The van der Waals surface area contributed by atoms with E-state index < -0.39 is 23.4 Å². The number of pyridine rings is 1. The van der Waals surface area contributed by atoms with Gasteiger partial charge in [0.15, 0.2) is 11.5 Å². The highest BCUT2D eigenvalue weighted by Gasteiger charge is 2.48. The minimum Gasteiger partial charge on any atom is -0.373 e. The Morgan fingerprint density at radius 1 is 1.11 bits per heavy atom. The SMILES string of the molecule is CN1CC[C@@](O)(c2cc(-c3cccc(-c4ccnc(Nc5cnn(C)c5C(F)(F)F)n4)n3)no2)C1=O. The lowest BCUT2D eigenvalue weighted by Crippen LogP contribution is -2.35. The number of likely N-dealkylation sites (tertiary alicyclic amines) is 1. The maximum absolute atomic E-state index is 13.4. The van der Waals surface area contributed by atoms with Crippen LogP contribution in [0.25, 0.3) is 22.8 Å². The quantitative estimate of drug-likeness (QED) is 0.424. The molecule has 0 aromatic carbocycles. The Hall–Kier alpha value is -4.33. The number of hydrogen-bond acceptors (Lipinski definition) is 9. The Morgan fingerprint density at radius 2 is 1.83 bits per heavy atom. The summed E-state index contributed by atoms with van der Waals surface area (Å²) in [5.41, 5.74) is -1.64. The Bertz CT molecular complexity index is 1450. The fraction of sp³-hybridized carbons (Fsp3) is 0.273. The van der Waals surface area contributed by atoms with Gasteiger partial charge in [-0.15, -0.1) is 0 Å². The van der Waals surface area contributed by atoms with Gasteiger partial charge < -0.3 is 19.8 Å². The fourth-order valence-corrected chi connectivity index (χ4v) is 3.94. The average Bonchev–Trinajstić information content (AvgIpc) is 3.55. The van der Waals surface area contributed by atoms with Gasteiger partial charge in [0.1, 0.15) is 5.69 Å². The third kappa shape index (κ3) is 4.04. The zero-order chi connectivity index (χ0) is 25.7. The lowest BCUT2D eigenvalue weighted by Gasteiger charge is -2.16. The minimum absolute atomic E-state index is 0.0181. The number of alkyl halides is 3. The van der Waals surface area contributed by atoms with Gasteiger partial charge in [0.05, 0.1) is 29.0 Å². The summed E-state index contributed by atoms with van der Waals surface area (Å²) in [5.74, 6) is -0.534.